The van der Waals surface area contributed by atoms with Gasteiger partial charge in [-0.15, -0.1) is 0 Å². The van der Waals surface area contributed by atoms with Crippen LogP contribution < -0.4 is 5.32 Å². The van der Waals surface area contributed by atoms with E-state index < -0.39 is 3.68 Å². The number of allylic oxidation sites excluding steroid dienone is 1. The summed E-state index contributed by atoms with van der Waals surface area (Å²) in [5.74, 6) is 0. The lowest BCUT2D eigenvalue weighted by atomic mass is 10.2. The van der Waals surface area contributed by atoms with Crippen molar-refractivity contribution in [3.63, 3.8) is 0 Å². The van der Waals surface area contributed by atoms with Gasteiger partial charge in [0.2, 0.25) is 0 Å². The van der Waals surface area contributed by atoms with Crippen molar-refractivity contribution in [1.82, 2.24) is 5.32 Å². The summed E-state index contributed by atoms with van der Waals surface area (Å²) in [4.78, 5) is 0. The molecule has 0 bridgehead atoms. The second-order valence-corrected chi connectivity index (χ2v) is 4.90. The van der Waals surface area contributed by atoms with Gasteiger partial charge in [-0.3, -0.25) is 0 Å². The first kappa shape index (κ1) is 12.9. The lowest BCUT2D eigenvalue weighted by Gasteiger charge is -2.15. The van der Waals surface area contributed by atoms with Gasteiger partial charge in [-0.2, -0.15) is 0 Å². The van der Waals surface area contributed by atoms with Crippen molar-refractivity contribution in [3.8, 4) is 0 Å². The molecule has 0 amide bonds. The summed E-state index contributed by atoms with van der Waals surface area (Å²) in [6.07, 6.45) is 3.63. The van der Waals surface area contributed by atoms with Crippen molar-refractivity contribution in [2.24, 2.45) is 0 Å². The number of hydrogen-bond acceptors (Lipinski definition) is 1. The summed E-state index contributed by atoms with van der Waals surface area (Å²) >= 11 is 1.87. The Hall–Kier alpha value is -0.0600. The first-order chi connectivity index (χ1) is 6.02. The van der Waals surface area contributed by atoms with E-state index in [0.717, 1.165) is 18.7 Å². The Kier molecular flexibility index (Phi) is 6.37. The van der Waals surface area contributed by atoms with Crippen LogP contribution in [0.1, 0.15) is 26.2 Å². The molecule has 1 N–H and O–H groups in total. The van der Waals surface area contributed by atoms with Crippen LogP contribution in [0.4, 0.5) is 4.39 Å². The molecule has 0 aromatic carbocycles. The summed E-state index contributed by atoms with van der Waals surface area (Å²) in [6.45, 7) is 9.90. The second-order valence-electron chi connectivity index (χ2n) is 2.97. The molecule has 0 rings (SSSR count). The van der Waals surface area contributed by atoms with Crippen LogP contribution in [0.25, 0.3) is 0 Å². The second kappa shape index (κ2) is 6.40. The van der Waals surface area contributed by atoms with Gasteiger partial charge in [0.1, 0.15) is 0 Å². The molecule has 0 radical (unpaired) electrons. The van der Waals surface area contributed by atoms with Crippen LogP contribution >= 0.6 is 22.6 Å². The maximum absolute atomic E-state index is 13.3. The molecule has 13 heavy (non-hydrogen) atoms. The van der Waals surface area contributed by atoms with Crippen molar-refractivity contribution >= 4 is 22.6 Å². The highest BCUT2D eigenvalue weighted by Gasteiger charge is 2.21. The van der Waals surface area contributed by atoms with Crippen LogP contribution in [0.3, 0.4) is 0 Å². The van der Waals surface area contributed by atoms with Gasteiger partial charge < -0.3 is 5.32 Å². The zero-order chi connectivity index (χ0) is 10.3. The van der Waals surface area contributed by atoms with E-state index in [2.05, 4.69) is 18.5 Å². The maximum atomic E-state index is 13.3. The largest absolute Gasteiger partial charge is 0.386 e. The Balaban J connectivity index is 3.46. The molecule has 0 saturated carbocycles. The van der Waals surface area contributed by atoms with Crippen LogP contribution in [0.5, 0.6) is 0 Å². The summed E-state index contributed by atoms with van der Waals surface area (Å²) in [5.41, 5.74) is 0.800. The Labute approximate surface area is 93.6 Å². The molecule has 0 aromatic heterocycles. The van der Waals surface area contributed by atoms with Crippen LogP contribution in [0, 0.1) is 0 Å². The van der Waals surface area contributed by atoms with Gasteiger partial charge >= 0.3 is 0 Å². The molecule has 0 unspecified atom stereocenters. The molecular weight excluding hydrogens is 280 g/mol. The zero-order valence-corrected chi connectivity index (χ0v) is 10.2. The van der Waals surface area contributed by atoms with E-state index in [1.54, 1.807) is 6.08 Å². The van der Waals surface area contributed by atoms with Gasteiger partial charge in [0.15, 0.2) is 3.68 Å². The predicted octanol–water partition coefficient (Wildman–Crippen LogP) is 3.57. The average molecular weight is 297 g/mol. The molecular formula is C10H17FIN. The third-order valence-electron chi connectivity index (χ3n) is 1.84. The lowest BCUT2D eigenvalue weighted by molar-refractivity contribution is 0.278. The SMILES string of the molecule is C=CC(=C)NCCC[C@@](F)(I)CC. The third-order valence-corrected chi connectivity index (χ3v) is 3.14. The fourth-order valence-electron chi connectivity index (χ4n) is 0.845. The molecule has 3 heteroatoms. The molecule has 76 valence electrons. The quantitative estimate of drug-likeness (QED) is 0.328. The third kappa shape index (κ3) is 7.05. The minimum atomic E-state index is -1.05. The van der Waals surface area contributed by atoms with E-state index in [4.69, 9.17) is 0 Å². The molecule has 0 aliphatic carbocycles. The van der Waals surface area contributed by atoms with Crippen molar-refractivity contribution in [3.05, 3.63) is 24.9 Å². The van der Waals surface area contributed by atoms with Crippen molar-refractivity contribution in [1.29, 1.82) is 0 Å². The topological polar surface area (TPSA) is 12.0 Å². The van der Waals surface area contributed by atoms with Crippen molar-refractivity contribution < 1.29 is 4.39 Å². The predicted molar refractivity (Wildman–Crippen MR) is 64.7 cm³/mol. The van der Waals surface area contributed by atoms with Crippen molar-refractivity contribution in [2.45, 2.75) is 29.9 Å². The molecule has 0 spiro atoms. The number of halogens is 2. The summed E-state index contributed by atoms with van der Waals surface area (Å²) in [5, 5.41) is 3.05. The minimum absolute atomic E-state index is 0.565. The van der Waals surface area contributed by atoms with Gasteiger partial charge in [0.05, 0.1) is 0 Å². The standard InChI is InChI=1S/C10H17FIN/c1-4-9(3)13-8-6-7-10(11,12)5-2/h4,13H,1,3,5-8H2,2H3/t10-/m0/s1. The fraction of sp³-hybridized carbons (Fsp3) is 0.600. The first-order valence-corrected chi connectivity index (χ1v) is 5.52. The molecule has 1 atom stereocenters. The summed E-state index contributed by atoms with van der Waals surface area (Å²) < 4.78 is 12.3. The summed E-state index contributed by atoms with van der Waals surface area (Å²) in [7, 11) is 0. The van der Waals surface area contributed by atoms with Crippen LogP contribution in [0.2, 0.25) is 0 Å². The Bertz CT molecular complexity index is 178. The Morgan fingerprint density at radius 2 is 2.31 bits per heavy atom. The summed E-state index contributed by atoms with van der Waals surface area (Å²) in [6, 6.07) is 0. The maximum Gasteiger partial charge on any atom is 0.161 e. The highest BCUT2D eigenvalue weighted by atomic mass is 127. The fourth-order valence-corrected chi connectivity index (χ4v) is 1.23. The highest BCUT2D eigenvalue weighted by molar-refractivity contribution is 14.1. The molecule has 0 aromatic rings. The van der Waals surface area contributed by atoms with Crippen LogP contribution in [0.15, 0.2) is 24.9 Å². The van der Waals surface area contributed by atoms with E-state index in [9.17, 15) is 4.39 Å². The molecule has 0 saturated heterocycles. The van der Waals surface area contributed by atoms with E-state index in [0.29, 0.717) is 12.8 Å². The smallest absolute Gasteiger partial charge is 0.161 e. The van der Waals surface area contributed by atoms with E-state index in [-0.39, 0.29) is 0 Å². The molecule has 0 fully saturated rings. The monoisotopic (exact) mass is 297 g/mol. The van der Waals surface area contributed by atoms with Crippen molar-refractivity contribution in [2.75, 3.05) is 6.54 Å². The number of alkyl halides is 2. The first-order valence-electron chi connectivity index (χ1n) is 4.45. The van der Waals surface area contributed by atoms with Crippen LogP contribution in [-0.2, 0) is 0 Å². The highest BCUT2D eigenvalue weighted by Crippen LogP contribution is 2.29. The van der Waals surface area contributed by atoms with Gasteiger partial charge in [0.25, 0.3) is 0 Å². The van der Waals surface area contributed by atoms with Gasteiger partial charge in [-0.1, -0.05) is 20.1 Å². The van der Waals surface area contributed by atoms with Crippen LogP contribution in [-0.4, -0.2) is 10.2 Å². The molecule has 0 aliphatic rings. The lowest BCUT2D eigenvalue weighted by Crippen LogP contribution is -2.17. The number of hydrogen-bond donors (Lipinski definition) is 1. The van der Waals surface area contributed by atoms with E-state index in [1.165, 1.54) is 0 Å². The normalized spacial score (nSPS) is 14.7. The Morgan fingerprint density at radius 3 is 2.77 bits per heavy atom. The number of rotatable bonds is 7. The molecule has 0 aliphatic heterocycles. The van der Waals surface area contributed by atoms with Gasteiger partial charge in [-0.25, -0.2) is 4.39 Å². The number of nitrogens with one attached hydrogen (secondary N) is 1. The van der Waals surface area contributed by atoms with E-state index >= 15 is 0 Å². The molecule has 0 heterocycles. The zero-order valence-electron chi connectivity index (χ0n) is 8.08. The molecule has 1 nitrogen and oxygen atoms in total. The average Bonchev–Trinajstić information content (AvgIpc) is 2.12. The Morgan fingerprint density at radius 1 is 1.69 bits per heavy atom. The van der Waals surface area contributed by atoms with E-state index in [1.807, 2.05) is 29.5 Å². The van der Waals surface area contributed by atoms with Gasteiger partial charge in [0, 0.05) is 12.2 Å². The van der Waals surface area contributed by atoms with Gasteiger partial charge in [-0.05, 0) is 47.9 Å². The minimum Gasteiger partial charge on any atom is -0.386 e.